The van der Waals surface area contributed by atoms with Crippen LogP contribution in [0, 0.1) is 6.92 Å². The Labute approximate surface area is 164 Å². The van der Waals surface area contributed by atoms with E-state index in [1.54, 1.807) is 11.1 Å². The highest BCUT2D eigenvalue weighted by Crippen LogP contribution is 2.17. The van der Waals surface area contributed by atoms with Crippen molar-refractivity contribution in [3.05, 3.63) is 66.1 Å². The summed E-state index contributed by atoms with van der Waals surface area (Å²) in [5.74, 6) is 0.714. The van der Waals surface area contributed by atoms with Crippen LogP contribution < -0.4 is 4.74 Å². The molecule has 1 atom stereocenters. The van der Waals surface area contributed by atoms with Crippen LogP contribution in [0.4, 0.5) is 0 Å². The number of fused-ring (bicyclic) bond motifs is 1. The molecule has 3 heterocycles. The van der Waals surface area contributed by atoms with Gasteiger partial charge in [0.2, 0.25) is 0 Å². The van der Waals surface area contributed by atoms with Gasteiger partial charge in [-0.05, 0) is 43.5 Å². The number of para-hydroxylation sites is 1. The van der Waals surface area contributed by atoms with Gasteiger partial charge in [0.1, 0.15) is 23.7 Å². The van der Waals surface area contributed by atoms with E-state index in [2.05, 4.69) is 4.98 Å². The molecule has 6 nitrogen and oxygen atoms in total. The molecule has 1 aliphatic heterocycles. The lowest BCUT2D eigenvalue weighted by atomic mass is 10.2. The Hall–Kier alpha value is -2.86. The molecule has 1 amide bonds. The molecule has 0 bridgehead atoms. The number of carbonyl (C=O) groups excluding carboxylic acids is 1. The monoisotopic (exact) mass is 379 g/mol. The van der Waals surface area contributed by atoms with E-state index in [9.17, 15) is 4.79 Å². The van der Waals surface area contributed by atoms with Gasteiger partial charge in [0.15, 0.2) is 0 Å². The van der Waals surface area contributed by atoms with Crippen molar-refractivity contribution in [2.45, 2.75) is 25.9 Å². The van der Waals surface area contributed by atoms with Crippen molar-refractivity contribution in [2.75, 3.05) is 26.3 Å². The van der Waals surface area contributed by atoms with Crippen LogP contribution in [0.25, 0.3) is 5.65 Å². The second-order valence-corrected chi connectivity index (χ2v) is 7.10. The molecule has 6 heteroatoms. The van der Waals surface area contributed by atoms with Crippen LogP contribution in [0.5, 0.6) is 5.75 Å². The molecule has 0 spiro atoms. The number of amides is 1. The van der Waals surface area contributed by atoms with E-state index < -0.39 is 0 Å². The van der Waals surface area contributed by atoms with Crippen molar-refractivity contribution >= 4 is 11.6 Å². The molecular weight excluding hydrogens is 354 g/mol. The Morgan fingerprint density at radius 3 is 2.89 bits per heavy atom. The van der Waals surface area contributed by atoms with Gasteiger partial charge in [-0.15, -0.1) is 0 Å². The van der Waals surface area contributed by atoms with E-state index in [0.717, 1.165) is 36.4 Å². The summed E-state index contributed by atoms with van der Waals surface area (Å²) < 4.78 is 13.5. The molecule has 0 saturated carbocycles. The third-order valence-electron chi connectivity index (χ3n) is 5.01. The summed E-state index contributed by atoms with van der Waals surface area (Å²) in [5.41, 5.74) is 2.30. The fourth-order valence-corrected chi connectivity index (χ4v) is 3.52. The summed E-state index contributed by atoms with van der Waals surface area (Å²) in [6, 6.07) is 13.6. The summed E-state index contributed by atoms with van der Waals surface area (Å²) in [5, 5.41) is 0. The fraction of sp³-hybridized carbons (Fsp3) is 0.364. The molecule has 146 valence electrons. The molecule has 1 unspecified atom stereocenters. The number of aromatic nitrogens is 2. The smallest absolute Gasteiger partial charge is 0.274 e. The first-order valence-corrected chi connectivity index (χ1v) is 9.74. The van der Waals surface area contributed by atoms with E-state index in [1.807, 2.05) is 60.0 Å². The molecular formula is C22H25N3O3. The number of ether oxygens (including phenoxy) is 2. The summed E-state index contributed by atoms with van der Waals surface area (Å²) >= 11 is 0. The van der Waals surface area contributed by atoms with Gasteiger partial charge < -0.3 is 18.8 Å². The highest BCUT2D eigenvalue weighted by atomic mass is 16.5. The number of pyridine rings is 1. The average molecular weight is 379 g/mol. The zero-order valence-corrected chi connectivity index (χ0v) is 16.1. The second-order valence-electron chi connectivity index (χ2n) is 7.10. The molecule has 4 rings (SSSR count). The maximum absolute atomic E-state index is 13.2. The lowest BCUT2D eigenvalue weighted by Crippen LogP contribution is -2.40. The van der Waals surface area contributed by atoms with Crippen molar-refractivity contribution in [3.8, 4) is 5.75 Å². The summed E-state index contributed by atoms with van der Waals surface area (Å²) in [6.45, 7) is 4.23. The molecule has 0 N–H and O–H groups in total. The van der Waals surface area contributed by atoms with Gasteiger partial charge in [-0.25, -0.2) is 4.98 Å². The first-order chi connectivity index (χ1) is 13.7. The molecule has 1 aromatic carbocycles. The standard InChI is InChI=1S/C22H25N3O3/c1-17-7-5-11-24-16-20(23-21(17)24)22(26)25(15-19-10-6-13-27-19)12-14-28-18-8-3-2-4-9-18/h2-5,7-9,11,16,19H,6,10,12-15H2,1H3. The SMILES string of the molecule is Cc1cccn2cc(C(=O)N(CCOc3ccccc3)CC3CCCO3)nc12. The van der Waals surface area contributed by atoms with Crippen molar-refractivity contribution in [1.29, 1.82) is 0 Å². The minimum atomic E-state index is -0.0877. The van der Waals surface area contributed by atoms with Crippen LogP contribution >= 0.6 is 0 Å². The van der Waals surface area contributed by atoms with Crippen molar-refractivity contribution in [1.82, 2.24) is 14.3 Å². The Morgan fingerprint density at radius 1 is 1.29 bits per heavy atom. The Balaban J connectivity index is 1.49. The van der Waals surface area contributed by atoms with E-state index in [0.29, 0.717) is 25.4 Å². The number of aryl methyl sites for hydroxylation is 1. The topological polar surface area (TPSA) is 56.1 Å². The van der Waals surface area contributed by atoms with Crippen molar-refractivity contribution in [2.24, 2.45) is 0 Å². The molecule has 0 radical (unpaired) electrons. The highest BCUT2D eigenvalue weighted by Gasteiger charge is 2.25. The van der Waals surface area contributed by atoms with Gasteiger partial charge in [-0.3, -0.25) is 4.79 Å². The number of benzene rings is 1. The average Bonchev–Trinajstić information content (AvgIpc) is 3.38. The van der Waals surface area contributed by atoms with Gasteiger partial charge in [0, 0.05) is 25.5 Å². The van der Waals surface area contributed by atoms with Gasteiger partial charge in [0.25, 0.3) is 5.91 Å². The third-order valence-corrected chi connectivity index (χ3v) is 5.01. The minimum Gasteiger partial charge on any atom is -0.492 e. The zero-order chi connectivity index (χ0) is 19.3. The van der Waals surface area contributed by atoms with E-state index in [4.69, 9.17) is 9.47 Å². The normalized spacial score (nSPS) is 16.4. The van der Waals surface area contributed by atoms with Crippen LogP contribution in [0.1, 0.15) is 28.9 Å². The largest absolute Gasteiger partial charge is 0.492 e. The lowest BCUT2D eigenvalue weighted by molar-refractivity contribution is 0.0490. The van der Waals surface area contributed by atoms with E-state index in [-0.39, 0.29) is 12.0 Å². The van der Waals surface area contributed by atoms with Crippen LogP contribution in [0.3, 0.4) is 0 Å². The molecule has 28 heavy (non-hydrogen) atoms. The van der Waals surface area contributed by atoms with E-state index in [1.165, 1.54) is 0 Å². The minimum absolute atomic E-state index is 0.0828. The fourth-order valence-electron chi connectivity index (χ4n) is 3.52. The van der Waals surface area contributed by atoms with E-state index >= 15 is 0 Å². The first kappa shape index (κ1) is 18.5. The Kier molecular flexibility index (Phi) is 5.58. The highest BCUT2D eigenvalue weighted by molar-refractivity contribution is 5.93. The maximum atomic E-state index is 13.2. The summed E-state index contributed by atoms with van der Waals surface area (Å²) in [6.07, 6.45) is 5.81. The van der Waals surface area contributed by atoms with Crippen LogP contribution in [-0.2, 0) is 4.74 Å². The predicted molar refractivity (Wildman–Crippen MR) is 107 cm³/mol. The lowest BCUT2D eigenvalue weighted by Gasteiger charge is -2.24. The second kappa shape index (κ2) is 8.44. The quantitative estimate of drug-likeness (QED) is 0.632. The predicted octanol–water partition coefficient (Wildman–Crippen LogP) is 3.34. The Bertz CT molecular complexity index is 933. The van der Waals surface area contributed by atoms with Crippen molar-refractivity contribution < 1.29 is 14.3 Å². The number of nitrogens with zero attached hydrogens (tertiary/aromatic N) is 3. The third kappa shape index (κ3) is 4.17. The molecule has 1 aliphatic rings. The van der Waals surface area contributed by atoms with Crippen LogP contribution in [-0.4, -0.2) is 52.6 Å². The van der Waals surface area contributed by atoms with Crippen molar-refractivity contribution in [3.63, 3.8) is 0 Å². The summed E-state index contributed by atoms with van der Waals surface area (Å²) in [4.78, 5) is 19.6. The van der Waals surface area contributed by atoms with Gasteiger partial charge in [-0.1, -0.05) is 24.3 Å². The number of hydrogen-bond acceptors (Lipinski definition) is 4. The van der Waals surface area contributed by atoms with Crippen LogP contribution in [0.2, 0.25) is 0 Å². The molecule has 1 saturated heterocycles. The Morgan fingerprint density at radius 2 is 2.14 bits per heavy atom. The molecule has 2 aromatic heterocycles. The number of imidazole rings is 1. The number of rotatable bonds is 7. The first-order valence-electron chi connectivity index (χ1n) is 9.74. The van der Waals surface area contributed by atoms with Gasteiger partial charge in [-0.2, -0.15) is 0 Å². The molecule has 3 aromatic rings. The molecule has 0 aliphatic carbocycles. The number of hydrogen-bond donors (Lipinski definition) is 0. The maximum Gasteiger partial charge on any atom is 0.274 e. The zero-order valence-electron chi connectivity index (χ0n) is 16.1. The van der Waals surface area contributed by atoms with Crippen LogP contribution in [0.15, 0.2) is 54.9 Å². The number of carbonyl (C=O) groups is 1. The van der Waals surface area contributed by atoms with Gasteiger partial charge in [0.05, 0.1) is 12.6 Å². The summed E-state index contributed by atoms with van der Waals surface area (Å²) in [7, 11) is 0. The van der Waals surface area contributed by atoms with Gasteiger partial charge >= 0.3 is 0 Å². The molecule has 1 fully saturated rings.